The van der Waals surface area contributed by atoms with E-state index in [4.69, 9.17) is 11.6 Å². The first-order valence-corrected chi connectivity index (χ1v) is 10.4. The fourth-order valence-corrected chi connectivity index (χ4v) is 3.80. The van der Waals surface area contributed by atoms with Gasteiger partial charge in [0, 0.05) is 17.6 Å². The normalized spacial score (nSPS) is 11.3. The van der Waals surface area contributed by atoms with Gasteiger partial charge in [0.1, 0.15) is 6.33 Å². The molecule has 4 aromatic rings. The molecule has 1 amide bonds. The SMILES string of the molecule is Cc1cc(Cn2nc(C)c3c(Cl)c(C(=O)Nc4ccc(C(C)C)cc4)cnc32)ncn1. The van der Waals surface area contributed by atoms with Gasteiger partial charge in [-0.1, -0.05) is 37.6 Å². The maximum Gasteiger partial charge on any atom is 0.258 e. The van der Waals surface area contributed by atoms with Gasteiger partial charge in [0.15, 0.2) is 5.65 Å². The monoisotopic (exact) mass is 434 g/mol. The summed E-state index contributed by atoms with van der Waals surface area (Å²) in [5.41, 5.74) is 5.23. The lowest BCUT2D eigenvalue weighted by molar-refractivity contribution is 0.102. The second-order valence-corrected chi connectivity index (χ2v) is 8.19. The molecule has 31 heavy (non-hydrogen) atoms. The number of anilines is 1. The lowest BCUT2D eigenvalue weighted by Gasteiger charge is -2.10. The van der Waals surface area contributed by atoms with Crippen LogP contribution in [0.1, 0.15) is 52.8 Å². The third kappa shape index (κ3) is 4.27. The van der Waals surface area contributed by atoms with E-state index < -0.39 is 0 Å². The predicted molar refractivity (Wildman–Crippen MR) is 122 cm³/mol. The van der Waals surface area contributed by atoms with Crippen LogP contribution in [0.5, 0.6) is 0 Å². The van der Waals surface area contributed by atoms with Crippen LogP contribution in [0, 0.1) is 13.8 Å². The van der Waals surface area contributed by atoms with Crippen LogP contribution in [0.15, 0.2) is 42.9 Å². The topological polar surface area (TPSA) is 85.6 Å². The molecule has 0 aliphatic rings. The highest BCUT2D eigenvalue weighted by atomic mass is 35.5. The Morgan fingerprint density at radius 3 is 2.55 bits per heavy atom. The minimum absolute atomic E-state index is 0.308. The first-order chi connectivity index (χ1) is 14.8. The van der Waals surface area contributed by atoms with Gasteiger partial charge in [-0.3, -0.25) is 4.79 Å². The fraction of sp³-hybridized carbons (Fsp3) is 0.261. The average molecular weight is 435 g/mol. The van der Waals surface area contributed by atoms with Crippen molar-refractivity contribution in [2.45, 2.75) is 40.2 Å². The molecule has 0 atom stereocenters. The van der Waals surface area contributed by atoms with E-state index in [1.54, 1.807) is 4.68 Å². The number of halogens is 1. The Hall–Kier alpha value is -3.32. The molecular formula is C23H23ClN6O. The van der Waals surface area contributed by atoms with Gasteiger partial charge < -0.3 is 5.32 Å². The fourth-order valence-electron chi connectivity index (χ4n) is 3.44. The summed E-state index contributed by atoms with van der Waals surface area (Å²) in [4.78, 5) is 25.8. The van der Waals surface area contributed by atoms with Gasteiger partial charge in [0.05, 0.1) is 33.9 Å². The van der Waals surface area contributed by atoms with Gasteiger partial charge in [-0.05, 0) is 43.5 Å². The van der Waals surface area contributed by atoms with E-state index in [0.29, 0.717) is 45.5 Å². The van der Waals surface area contributed by atoms with Crippen LogP contribution >= 0.6 is 11.6 Å². The Kier molecular flexibility index (Phi) is 5.69. The summed E-state index contributed by atoms with van der Waals surface area (Å²) in [6.07, 6.45) is 3.02. The standard InChI is InChI=1S/C23H23ClN6O/c1-13(2)16-5-7-17(8-6-16)28-23(31)19-10-25-22-20(21(19)24)15(4)29-30(22)11-18-9-14(3)26-12-27-18/h5-10,12-13H,11H2,1-4H3,(H,28,31). The van der Waals surface area contributed by atoms with Crippen molar-refractivity contribution < 1.29 is 4.79 Å². The number of aromatic nitrogens is 5. The first kappa shape index (κ1) is 20.9. The quantitative estimate of drug-likeness (QED) is 0.482. The van der Waals surface area contributed by atoms with Crippen molar-refractivity contribution in [1.29, 1.82) is 0 Å². The van der Waals surface area contributed by atoms with Crippen molar-refractivity contribution >= 4 is 34.2 Å². The number of aryl methyl sites for hydroxylation is 2. The number of rotatable bonds is 5. The van der Waals surface area contributed by atoms with Crippen molar-refractivity contribution in [3.8, 4) is 0 Å². The highest BCUT2D eigenvalue weighted by Crippen LogP contribution is 2.29. The largest absolute Gasteiger partial charge is 0.322 e. The molecule has 8 heteroatoms. The number of pyridine rings is 1. The Morgan fingerprint density at radius 2 is 1.87 bits per heavy atom. The van der Waals surface area contributed by atoms with Crippen LogP contribution in [0.3, 0.4) is 0 Å². The summed E-state index contributed by atoms with van der Waals surface area (Å²) in [6.45, 7) is 8.45. The average Bonchev–Trinajstić information content (AvgIpc) is 3.04. The summed E-state index contributed by atoms with van der Waals surface area (Å²) < 4.78 is 1.74. The highest BCUT2D eigenvalue weighted by molar-refractivity contribution is 6.39. The lowest BCUT2D eigenvalue weighted by atomic mass is 10.0. The summed E-state index contributed by atoms with van der Waals surface area (Å²) >= 11 is 6.64. The summed E-state index contributed by atoms with van der Waals surface area (Å²) in [6, 6.07) is 9.69. The number of fused-ring (bicyclic) bond motifs is 1. The lowest BCUT2D eigenvalue weighted by Crippen LogP contribution is -2.13. The molecule has 3 aromatic heterocycles. The third-order valence-corrected chi connectivity index (χ3v) is 5.52. The molecule has 1 N–H and O–H groups in total. The Morgan fingerprint density at radius 1 is 1.13 bits per heavy atom. The zero-order valence-corrected chi connectivity index (χ0v) is 18.6. The van der Waals surface area contributed by atoms with Gasteiger partial charge in [0.2, 0.25) is 0 Å². The number of hydrogen-bond acceptors (Lipinski definition) is 5. The first-order valence-electron chi connectivity index (χ1n) is 10.0. The molecule has 4 rings (SSSR count). The Bertz CT molecular complexity index is 1260. The van der Waals surface area contributed by atoms with Gasteiger partial charge in [-0.25, -0.2) is 19.6 Å². The van der Waals surface area contributed by atoms with Crippen LogP contribution < -0.4 is 5.32 Å². The van der Waals surface area contributed by atoms with Gasteiger partial charge in [0.25, 0.3) is 5.91 Å². The molecule has 7 nitrogen and oxygen atoms in total. The number of nitrogens with one attached hydrogen (secondary N) is 1. The molecule has 0 fully saturated rings. The molecule has 3 heterocycles. The van der Waals surface area contributed by atoms with Crippen molar-refractivity contribution in [3.05, 3.63) is 76.1 Å². The van der Waals surface area contributed by atoms with Gasteiger partial charge >= 0.3 is 0 Å². The van der Waals surface area contributed by atoms with E-state index in [-0.39, 0.29) is 5.91 Å². The molecule has 0 spiro atoms. The van der Waals surface area contributed by atoms with Crippen LogP contribution in [-0.4, -0.2) is 30.6 Å². The summed E-state index contributed by atoms with van der Waals surface area (Å²) in [5.74, 6) is 0.117. The number of carbonyl (C=O) groups excluding carboxylic acids is 1. The number of carbonyl (C=O) groups is 1. The van der Waals surface area contributed by atoms with E-state index >= 15 is 0 Å². The van der Waals surface area contributed by atoms with E-state index in [2.05, 4.69) is 39.2 Å². The molecule has 1 aromatic carbocycles. The van der Waals surface area contributed by atoms with Crippen molar-refractivity contribution in [2.75, 3.05) is 5.32 Å². The van der Waals surface area contributed by atoms with Crippen LogP contribution in [0.25, 0.3) is 11.0 Å². The molecule has 158 valence electrons. The molecule has 0 saturated heterocycles. The van der Waals surface area contributed by atoms with Crippen molar-refractivity contribution in [2.24, 2.45) is 0 Å². The number of amides is 1. The Labute approximate surface area is 185 Å². The van der Waals surface area contributed by atoms with E-state index in [1.165, 1.54) is 18.1 Å². The van der Waals surface area contributed by atoms with Gasteiger partial charge in [-0.2, -0.15) is 5.10 Å². The minimum Gasteiger partial charge on any atom is -0.322 e. The molecular weight excluding hydrogens is 412 g/mol. The van der Waals surface area contributed by atoms with E-state index in [0.717, 1.165) is 11.4 Å². The number of hydrogen-bond donors (Lipinski definition) is 1. The second-order valence-electron chi connectivity index (χ2n) is 7.81. The van der Waals surface area contributed by atoms with Crippen LogP contribution in [-0.2, 0) is 6.54 Å². The van der Waals surface area contributed by atoms with Gasteiger partial charge in [-0.15, -0.1) is 0 Å². The van der Waals surface area contributed by atoms with Crippen molar-refractivity contribution in [1.82, 2.24) is 24.7 Å². The maximum absolute atomic E-state index is 12.9. The van der Waals surface area contributed by atoms with Crippen LogP contribution in [0.4, 0.5) is 5.69 Å². The molecule has 0 aliphatic heterocycles. The summed E-state index contributed by atoms with van der Waals surface area (Å²) in [7, 11) is 0. The summed E-state index contributed by atoms with van der Waals surface area (Å²) in [5, 5.41) is 8.46. The highest BCUT2D eigenvalue weighted by Gasteiger charge is 2.20. The molecule has 0 unspecified atom stereocenters. The second kappa shape index (κ2) is 8.43. The minimum atomic E-state index is -0.310. The Balaban J connectivity index is 1.63. The third-order valence-electron chi connectivity index (χ3n) is 5.12. The molecule has 0 saturated carbocycles. The van der Waals surface area contributed by atoms with Crippen molar-refractivity contribution in [3.63, 3.8) is 0 Å². The zero-order valence-electron chi connectivity index (χ0n) is 17.8. The number of nitrogens with zero attached hydrogens (tertiary/aromatic N) is 5. The smallest absolute Gasteiger partial charge is 0.258 e. The van der Waals surface area contributed by atoms with Crippen LogP contribution in [0.2, 0.25) is 5.02 Å². The molecule has 0 aliphatic carbocycles. The molecule has 0 bridgehead atoms. The predicted octanol–water partition coefficient (Wildman–Crippen LogP) is 4.92. The van der Waals surface area contributed by atoms with E-state index in [9.17, 15) is 4.79 Å². The zero-order chi connectivity index (χ0) is 22.1. The maximum atomic E-state index is 12.9. The number of benzene rings is 1. The van der Waals surface area contributed by atoms with E-state index in [1.807, 2.05) is 44.2 Å². The molecule has 0 radical (unpaired) electrons.